The monoisotopic (exact) mass is 343 g/mol. The molecule has 2 aromatic rings. The van der Waals surface area contributed by atoms with Crippen molar-refractivity contribution in [3.05, 3.63) is 51.9 Å². The normalized spacial score (nSPS) is 16.3. The molecule has 1 aromatic carbocycles. The lowest BCUT2D eigenvalue weighted by molar-refractivity contribution is -0.119. The van der Waals surface area contributed by atoms with Gasteiger partial charge in [0.25, 0.3) is 5.56 Å². The van der Waals surface area contributed by atoms with Crippen molar-refractivity contribution in [2.24, 2.45) is 5.92 Å². The van der Waals surface area contributed by atoms with Crippen molar-refractivity contribution in [2.75, 3.05) is 11.1 Å². The van der Waals surface area contributed by atoms with Gasteiger partial charge in [-0.2, -0.15) is 0 Å². The molecule has 1 amide bonds. The van der Waals surface area contributed by atoms with E-state index in [9.17, 15) is 14.4 Å². The molecule has 0 fully saturated rings. The second kappa shape index (κ2) is 6.60. The predicted molar refractivity (Wildman–Crippen MR) is 92.5 cm³/mol. The lowest BCUT2D eigenvalue weighted by Crippen LogP contribution is -2.37. The van der Waals surface area contributed by atoms with Crippen molar-refractivity contribution in [3.8, 4) is 0 Å². The minimum atomic E-state index is -0.309. The molecule has 0 spiro atoms. The minimum Gasteiger partial charge on any atom is -0.326 e. The second-order valence-electron chi connectivity index (χ2n) is 5.77. The SMILES string of the molecule is CC(=O)c1ccc(NC(=O)C2CSc3ncc(C)c(=O)n3C2)cc1. The zero-order valence-electron chi connectivity index (χ0n) is 13.4. The van der Waals surface area contributed by atoms with Crippen LogP contribution in [0, 0.1) is 12.8 Å². The third-order valence-electron chi connectivity index (χ3n) is 3.93. The average Bonchev–Trinajstić information content (AvgIpc) is 2.58. The Morgan fingerprint density at radius 2 is 2.00 bits per heavy atom. The van der Waals surface area contributed by atoms with Gasteiger partial charge >= 0.3 is 0 Å². The Morgan fingerprint density at radius 3 is 2.67 bits per heavy atom. The Labute approximate surface area is 143 Å². The summed E-state index contributed by atoms with van der Waals surface area (Å²) in [5.41, 5.74) is 1.70. The first-order valence-electron chi connectivity index (χ1n) is 7.57. The third-order valence-corrected chi connectivity index (χ3v) is 5.08. The lowest BCUT2D eigenvalue weighted by atomic mass is 10.1. The van der Waals surface area contributed by atoms with Crippen LogP contribution >= 0.6 is 11.8 Å². The van der Waals surface area contributed by atoms with E-state index in [0.717, 1.165) is 0 Å². The van der Waals surface area contributed by atoms with E-state index in [4.69, 9.17) is 0 Å². The number of fused-ring (bicyclic) bond motifs is 1. The number of amides is 1. The number of carbonyl (C=O) groups is 2. The van der Waals surface area contributed by atoms with E-state index < -0.39 is 0 Å². The van der Waals surface area contributed by atoms with Crippen LogP contribution in [-0.4, -0.2) is 27.0 Å². The number of thioether (sulfide) groups is 1. The summed E-state index contributed by atoms with van der Waals surface area (Å²) in [6, 6.07) is 6.77. The van der Waals surface area contributed by atoms with Gasteiger partial charge in [0.15, 0.2) is 10.9 Å². The van der Waals surface area contributed by atoms with Gasteiger partial charge in [0.2, 0.25) is 5.91 Å². The van der Waals surface area contributed by atoms with Crippen molar-refractivity contribution >= 4 is 29.1 Å². The van der Waals surface area contributed by atoms with Crippen molar-refractivity contribution in [2.45, 2.75) is 25.5 Å². The number of aromatic nitrogens is 2. The molecule has 3 rings (SSSR count). The van der Waals surface area contributed by atoms with Crippen LogP contribution in [0.3, 0.4) is 0 Å². The van der Waals surface area contributed by atoms with E-state index in [0.29, 0.717) is 34.3 Å². The van der Waals surface area contributed by atoms with E-state index >= 15 is 0 Å². The number of rotatable bonds is 3. The molecule has 2 heterocycles. The van der Waals surface area contributed by atoms with Crippen LogP contribution in [0.1, 0.15) is 22.8 Å². The molecule has 0 radical (unpaired) electrons. The highest BCUT2D eigenvalue weighted by Gasteiger charge is 2.27. The molecule has 0 saturated heterocycles. The number of Topliss-reactive ketones (excluding diaryl/α,β-unsaturated/α-hetero) is 1. The topological polar surface area (TPSA) is 81.1 Å². The van der Waals surface area contributed by atoms with Crippen molar-refractivity contribution in [1.82, 2.24) is 9.55 Å². The average molecular weight is 343 g/mol. The molecule has 0 bridgehead atoms. The maximum Gasteiger partial charge on any atom is 0.257 e. The molecular formula is C17H17N3O3S. The Morgan fingerprint density at radius 1 is 1.29 bits per heavy atom. The first kappa shape index (κ1) is 16.4. The summed E-state index contributed by atoms with van der Waals surface area (Å²) < 4.78 is 1.56. The van der Waals surface area contributed by atoms with E-state index in [1.807, 2.05) is 0 Å². The quantitative estimate of drug-likeness (QED) is 0.682. The fourth-order valence-corrected chi connectivity index (χ4v) is 3.54. The first-order valence-corrected chi connectivity index (χ1v) is 8.55. The highest BCUT2D eigenvalue weighted by molar-refractivity contribution is 7.99. The van der Waals surface area contributed by atoms with Crippen molar-refractivity contribution < 1.29 is 9.59 Å². The number of anilines is 1. The summed E-state index contributed by atoms with van der Waals surface area (Å²) in [5, 5.41) is 3.50. The number of benzene rings is 1. The minimum absolute atomic E-state index is 0.0181. The standard InChI is InChI=1S/C17H17N3O3S/c1-10-7-18-17-20(16(10)23)8-13(9-24-17)15(22)19-14-5-3-12(4-6-14)11(2)21/h3-7,13H,8-9H2,1-2H3,(H,19,22). The molecule has 6 nitrogen and oxygen atoms in total. The van der Waals surface area contributed by atoms with Crippen LogP contribution in [0.5, 0.6) is 0 Å². The summed E-state index contributed by atoms with van der Waals surface area (Å²) >= 11 is 1.41. The zero-order chi connectivity index (χ0) is 17.3. The van der Waals surface area contributed by atoms with Crippen LogP contribution in [-0.2, 0) is 11.3 Å². The highest BCUT2D eigenvalue weighted by atomic mass is 32.2. The molecular weight excluding hydrogens is 326 g/mol. The van der Waals surface area contributed by atoms with Gasteiger partial charge in [0.1, 0.15) is 0 Å². The summed E-state index contributed by atoms with van der Waals surface area (Å²) in [5.74, 6) is 0.108. The van der Waals surface area contributed by atoms with E-state index in [-0.39, 0.29) is 23.2 Å². The molecule has 1 aliphatic heterocycles. The van der Waals surface area contributed by atoms with Gasteiger partial charge < -0.3 is 5.32 Å². The van der Waals surface area contributed by atoms with Crippen LogP contribution in [0.15, 0.2) is 40.4 Å². The molecule has 24 heavy (non-hydrogen) atoms. The Balaban J connectivity index is 1.73. The Kier molecular flexibility index (Phi) is 4.53. The molecule has 1 unspecified atom stereocenters. The fraction of sp³-hybridized carbons (Fsp3) is 0.294. The smallest absolute Gasteiger partial charge is 0.257 e. The summed E-state index contributed by atoms with van der Waals surface area (Å²) in [6.45, 7) is 3.54. The molecule has 1 atom stereocenters. The van der Waals surface area contributed by atoms with Crippen LogP contribution < -0.4 is 10.9 Å². The first-order chi connectivity index (χ1) is 11.5. The number of nitrogens with one attached hydrogen (secondary N) is 1. The van der Waals surface area contributed by atoms with Gasteiger partial charge in [-0.25, -0.2) is 4.98 Å². The van der Waals surface area contributed by atoms with Gasteiger partial charge in [0, 0.05) is 35.3 Å². The van der Waals surface area contributed by atoms with Crippen LogP contribution in [0.2, 0.25) is 0 Å². The molecule has 1 aromatic heterocycles. The summed E-state index contributed by atoms with van der Waals surface area (Å²) in [7, 11) is 0. The summed E-state index contributed by atoms with van der Waals surface area (Å²) in [4.78, 5) is 40.2. The third kappa shape index (κ3) is 3.26. The largest absolute Gasteiger partial charge is 0.326 e. The summed E-state index contributed by atoms with van der Waals surface area (Å²) in [6.07, 6.45) is 1.57. The van der Waals surface area contributed by atoms with E-state index in [1.54, 1.807) is 42.0 Å². The number of nitrogens with zero attached hydrogens (tertiary/aromatic N) is 2. The van der Waals surface area contributed by atoms with Gasteiger partial charge in [0.05, 0.1) is 5.92 Å². The van der Waals surface area contributed by atoms with E-state index in [1.165, 1.54) is 18.7 Å². The van der Waals surface area contributed by atoms with Crippen molar-refractivity contribution in [1.29, 1.82) is 0 Å². The number of carbonyl (C=O) groups excluding carboxylic acids is 2. The number of hydrogen-bond donors (Lipinski definition) is 1. The predicted octanol–water partition coefficient (Wildman–Crippen LogP) is 2.11. The fourth-order valence-electron chi connectivity index (χ4n) is 2.49. The highest BCUT2D eigenvalue weighted by Crippen LogP contribution is 2.25. The number of ketones is 1. The maximum absolute atomic E-state index is 12.5. The number of hydrogen-bond acceptors (Lipinski definition) is 5. The second-order valence-corrected chi connectivity index (χ2v) is 6.76. The van der Waals surface area contributed by atoms with Crippen LogP contribution in [0.4, 0.5) is 5.69 Å². The van der Waals surface area contributed by atoms with Crippen molar-refractivity contribution in [3.63, 3.8) is 0 Å². The van der Waals surface area contributed by atoms with Gasteiger partial charge in [-0.15, -0.1) is 0 Å². The molecule has 0 aliphatic carbocycles. The Hall–Kier alpha value is -2.41. The molecule has 7 heteroatoms. The lowest BCUT2D eigenvalue weighted by Gasteiger charge is -2.24. The zero-order valence-corrected chi connectivity index (χ0v) is 14.2. The molecule has 124 valence electrons. The van der Waals surface area contributed by atoms with E-state index in [2.05, 4.69) is 10.3 Å². The molecule has 0 saturated carbocycles. The number of aryl methyl sites for hydroxylation is 1. The van der Waals surface area contributed by atoms with Gasteiger partial charge in [-0.3, -0.25) is 19.0 Å². The molecule has 1 aliphatic rings. The molecule has 1 N–H and O–H groups in total. The van der Waals surface area contributed by atoms with Gasteiger partial charge in [-0.05, 0) is 38.1 Å². The van der Waals surface area contributed by atoms with Crippen LogP contribution in [0.25, 0.3) is 0 Å². The Bertz CT molecular complexity index is 858. The van der Waals surface area contributed by atoms with Gasteiger partial charge in [-0.1, -0.05) is 11.8 Å². The maximum atomic E-state index is 12.5.